The van der Waals surface area contributed by atoms with E-state index >= 15 is 0 Å². The molecule has 0 radical (unpaired) electrons. The lowest BCUT2D eigenvalue weighted by Gasteiger charge is -2.36. The number of amides is 1. The molecule has 3 aliphatic rings. The number of carbonyl (C=O) groups excluding carboxylic acids is 2. The molecule has 3 atom stereocenters. The normalized spacial score (nSPS) is 24.2. The number of ether oxygens (including phenoxy) is 4. The molecule has 1 amide bonds. The maximum Gasteiger partial charge on any atom is 0.410 e. The van der Waals surface area contributed by atoms with Crippen molar-refractivity contribution >= 4 is 12.1 Å². The predicted molar refractivity (Wildman–Crippen MR) is 125 cm³/mol. The number of esters is 1. The van der Waals surface area contributed by atoms with Crippen molar-refractivity contribution in [2.75, 3.05) is 20.3 Å². The molecule has 0 aromatic heterocycles. The van der Waals surface area contributed by atoms with Gasteiger partial charge in [0, 0.05) is 25.1 Å². The summed E-state index contributed by atoms with van der Waals surface area (Å²) in [5, 5.41) is 0. The Labute approximate surface area is 198 Å². The zero-order valence-corrected chi connectivity index (χ0v) is 19.1. The fourth-order valence-electron chi connectivity index (χ4n) is 5.17. The van der Waals surface area contributed by atoms with E-state index in [0.717, 1.165) is 11.1 Å². The minimum atomic E-state index is -0.442. The van der Waals surface area contributed by atoms with Gasteiger partial charge in [-0.1, -0.05) is 43.0 Å². The first-order valence-electron chi connectivity index (χ1n) is 11.4. The van der Waals surface area contributed by atoms with E-state index in [9.17, 15) is 9.59 Å². The molecule has 176 valence electrons. The van der Waals surface area contributed by atoms with Crippen LogP contribution in [0.2, 0.25) is 0 Å². The predicted octanol–water partition coefficient (Wildman–Crippen LogP) is 4.41. The quantitative estimate of drug-likeness (QED) is 0.485. The molecule has 7 heteroatoms. The van der Waals surface area contributed by atoms with Crippen LogP contribution >= 0.6 is 0 Å². The van der Waals surface area contributed by atoms with Crippen molar-refractivity contribution in [3.63, 3.8) is 0 Å². The van der Waals surface area contributed by atoms with E-state index < -0.39 is 11.5 Å². The Morgan fingerprint density at radius 1 is 1.24 bits per heavy atom. The Kier molecular flexibility index (Phi) is 5.77. The Balaban J connectivity index is 1.45. The molecule has 0 N–H and O–H groups in total. The highest BCUT2D eigenvalue weighted by Crippen LogP contribution is 2.56. The summed E-state index contributed by atoms with van der Waals surface area (Å²) in [4.78, 5) is 27.0. The highest BCUT2D eigenvalue weighted by molar-refractivity contribution is 5.89. The lowest BCUT2D eigenvalue weighted by atomic mass is 9.69. The first-order chi connectivity index (χ1) is 16.6. The molecular formula is C27H27NO6. The average Bonchev–Trinajstić information content (AvgIpc) is 3.10. The van der Waals surface area contributed by atoms with Crippen molar-refractivity contribution in [3.05, 3.63) is 84.0 Å². The number of rotatable bonds is 5. The third-order valence-electron chi connectivity index (χ3n) is 6.79. The van der Waals surface area contributed by atoms with Crippen molar-refractivity contribution in [3.8, 4) is 11.5 Å². The van der Waals surface area contributed by atoms with E-state index in [1.807, 2.05) is 36.4 Å². The molecule has 2 aromatic carbocycles. The number of hydrogen-bond acceptors (Lipinski definition) is 6. The van der Waals surface area contributed by atoms with Gasteiger partial charge in [-0.05, 0) is 36.3 Å². The van der Waals surface area contributed by atoms with Gasteiger partial charge in [0.2, 0.25) is 0 Å². The topological polar surface area (TPSA) is 74.3 Å². The molecule has 7 nitrogen and oxygen atoms in total. The van der Waals surface area contributed by atoms with Crippen molar-refractivity contribution in [1.82, 2.24) is 4.90 Å². The summed E-state index contributed by atoms with van der Waals surface area (Å²) in [6, 6.07) is 12.8. The van der Waals surface area contributed by atoms with Gasteiger partial charge in [0.25, 0.3) is 0 Å². The second-order valence-electron chi connectivity index (χ2n) is 8.72. The third kappa shape index (κ3) is 3.71. The van der Waals surface area contributed by atoms with Gasteiger partial charge in [0.05, 0.1) is 18.1 Å². The highest BCUT2D eigenvalue weighted by Gasteiger charge is 2.53. The van der Waals surface area contributed by atoms with Gasteiger partial charge in [-0.25, -0.2) is 9.59 Å². The fourth-order valence-corrected chi connectivity index (χ4v) is 5.17. The molecule has 0 saturated heterocycles. The van der Waals surface area contributed by atoms with Gasteiger partial charge in [-0.15, -0.1) is 0 Å². The summed E-state index contributed by atoms with van der Waals surface area (Å²) < 4.78 is 23.2. The first kappa shape index (κ1) is 22.1. The second kappa shape index (κ2) is 8.89. The van der Waals surface area contributed by atoms with Crippen molar-refractivity contribution in [1.29, 1.82) is 0 Å². The number of carbonyl (C=O) groups is 2. The minimum Gasteiger partial charge on any atom is -0.493 e. The zero-order valence-electron chi connectivity index (χ0n) is 19.1. The van der Waals surface area contributed by atoms with Crippen molar-refractivity contribution in [2.45, 2.75) is 37.0 Å². The molecule has 0 fully saturated rings. The molecule has 2 heterocycles. The van der Waals surface area contributed by atoms with Crippen LogP contribution in [0.25, 0.3) is 0 Å². The lowest BCUT2D eigenvalue weighted by Crippen LogP contribution is -2.44. The monoisotopic (exact) mass is 461 g/mol. The summed E-state index contributed by atoms with van der Waals surface area (Å²) >= 11 is 0. The molecule has 2 aliphatic heterocycles. The van der Waals surface area contributed by atoms with E-state index in [4.69, 9.17) is 18.9 Å². The minimum absolute atomic E-state index is 0.168. The van der Waals surface area contributed by atoms with Crippen molar-refractivity contribution in [2.24, 2.45) is 0 Å². The maximum absolute atomic E-state index is 12.6. The van der Waals surface area contributed by atoms with Crippen LogP contribution < -0.4 is 9.47 Å². The summed E-state index contributed by atoms with van der Waals surface area (Å²) in [5.41, 5.74) is 2.11. The van der Waals surface area contributed by atoms with Crippen LogP contribution in [0.1, 0.15) is 34.3 Å². The number of nitrogens with zero attached hydrogens (tertiary/aromatic N) is 1. The Hall–Kier alpha value is -3.74. The second-order valence-corrected chi connectivity index (χ2v) is 8.72. The summed E-state index contributed by atoms with van der Waals surface area (Å²) in [5.74, 6) is 0.990. The van der Waals surface area contributed by atoms with Crippen LogP contribution in [0.15, 0.2) is 67.3 Å². The van der Waals surface area contributed by atoms with E-state index in [1.165, 1.54) is 0 Å². The largest absolute Gasteiger partial charge is 0.493 e. The van der Waals surface area contributed by atoms with Gasteiger partial charge < -0.3 is 23.8 Å². The van der Waals surface area contributed by atoms with E-state index in [2.05, 4.69) is 12.7 Å². The maximum atomic E-state index is 12.6. The van der Waals surface area contributed by atoms with Gasteiger partial charge in [-0.3, -0.25) is 0 Å². The number of benzene rings is 2. The molecule has 0 saturated carbocycles. The fraction of sp³-hybridized carbons (Fsp3) is 0.333. The van der Waals surface area contributed by atoms with Gasteiger partial charge in [-0.2, -0.15) is 0 Å². The first-order valence-corrected chi connectivity index (χ1v) is 11.4. The highest BCUT2D eigenvalue weighted by atomic mass is 16.6. The van der Waals surface area contributed by atoms with Crippen LogP contribution in [0.3, 0.4) is 0 Å². The summed E-state index contributed by atoms with van der Waals surface area (Å²) in [6.07, 6.45) is 5.73. The van der Waals surface area contributed by atoms with Gasteiger partial charge in [0.15, 0.2) is 11.5 Å². The van der Waals surface area contributed by atoms with E-state index in [-0.39, 0.29) is 24.8 Å². The molecule has 5 rings (SSSR count). The summed E-state index contributed by atoms with van der Waals surface area (Å²) in [6.45, 7) is 4.70. The van der Waals surface area contributed by atoms with E-state index in [1.54, 1.807) is 30.2 Å². The smallest absolute Gasteiger partial charge is 0.410 e. The van der Waals surface area contributed by atoms with Gasteiger partial charge in [0.1, 0.15) is 18.8 Å². The molecule has 0 bridgehead atoms. The summed E-state index contributed by atoms with van der Waals surface area (Å²) in [7, 11) is 1.62. The standard InChI is InChI=1S/C27H27NO6/c1-3-15-32-26(30)28-14-13-27-12-11-20(33-25(29)18-7-5-4-6-8-18)16-22(27)34-24-21(31-2)10-9-19(17-28)23(24)27/h3-12,20,22H,1,13-17H2,2H3/t20?,22-,27?/m1/s1. The molecular weight excluding hydrogens is 434 g/mol. The van der Waals surface area contributed by atoms with Crippen LogP contribution in [0, 0.1) is 0 Å². The average molecular weight is 462 g/mol. The van der Waals surface area contributed by atoms with Crippen LogP contribution in [0.5, 0.6) is 11.5 Å². The van der Waals surface area contributed by atoms with Crippen LogP contribution in [-0.4, -0.2) is 49.4 Å². The van der Waals surface area contributed by atoms with Crippen LogP contribution in [-0.2, 0) is 21.4 Å². The third-order valence-corrected chi connectivity index (χ3v) is 6.79. The Bertz CT molecular complexity index is 1140. The van der Waals surface area contributed by atoms with Crippen molar-refractivity contribution < 1.29 is 28.5 Å². The van der Waals surface area contributed by atoms with Gasteiger partial charge >= 0.3 is 12.1 Å². The SMILES string of the molecule is C=CCOC(=O)N1CCC23C=CC(OC(=O)c4ccccc4)C[C@H]2Oc2c(OC)ccc(c23)C1. The molecule has 1 aliphatic carbocycles. The van der Waals surface area contributed by atoms with E-state index in [0.29, 0.717) is 43.0 Å². The molecule has 2 unspecified atom stereocenters. The molecule has 34 heavy (non-hydrogen) atoms. The lowest BCUT2D eigenvalue weighted by molar-refractivity contribution is 0.0214. The zero-order chi connectivity index (χ0) is 23.7. The number of methoxy groups -OCH3 is 1. The number of hydrogen-bond donors (Lipinski definition) is 0. The van der Waals surface area contributed by atoms with Crippen LogP contribution in [0.4, 0.5) is 4.79 Å². The molecule has 2 aromatic rings. The Morgan fingerprint density at radius 3 is 2.82 bits per heavy atom. The Morgan fingerprint density at radius 2 is 2.06 bits per heavy atom. The molecule has 1 spiro atoms.